The molecule has 2 aromatic rings. The van der Waals surface area contributed by atoms with Gasteiger partial charge in [-0.1, -0.05) is 12.1 Å². The van der Waals surface area contributed by atoms with Crippen molar-refractivity contribution in [3.63, 3.8) is 0 Å². The SMILES string of the molecule is NCCCOc1cnn(-c2ccccc2F)c1. The minimum atomic E-state index is -0.316. The van der Waals surface area contributed by atoms with E-state index >= 15 is 0 Å². The Kier molecular flexibility index (Phi) is 3.72. The first-order chi connectivity index (χ1) is 8.31. The van der Waals surface area contributed by atoms with Crippen molar-refractivity contribution in [1.29, 1.82) is 0 Å². The van der Waals surface area contributed by atoms with Gasteiger partial charge in [0.15, 0.2) is 5.75 Å². The van der Waals surface area contributed by atoms with Crippen LogP contribution in [0.15, 0.2) is 36.7 Å². The van der Waals surface area contributed by atoms with E-state index in [0.29, 0.717) is 24.6 Å². The van der Waals surface area contributed by atoms with Crippen LogP contribution in [0.25, 0.3) is 5.69 Å². The fraction of sp³-hybridized carbons (Fsp3) is 0.250. The standard InChI is InChI=1S/C12H14FN3O/c13-11-4-1-2-5-12(11)16-9-10(8-15-16)17-7-3-6-14/h1-2,4-5,8-9H,3,6-7,14H2. The highest BCUT2D eigenvalue weighted by Gasteiger charge is 2.05. The first kappa shape index (κ1) is 11.6. The Balaban J connectivity index is 2.10. The van der Waals surface area contributed by atoms with Crippen molar-refractivity contribution < 1.29 is 9.13 Å². The molecule has 1 heterocycles. The van der Waals surface area contributed by atoms with E-state index < -0.39 is 0 Å². The van der Waals surface area contributed by atoms with Gasteiger partial charge in [-0.15, -0.1) is 0 Å². The van der Waals surface area contributed by atoms with Crippen LogP contribution in [0.3, 0.4) is 0 Å². The largest absolute Gasteiger partial charge is 0.490 e. The Morgan fingerprint density at radius 2 is 2.18 bits per heavy atom. The molecule has 4 nitrogen and oxygen atoms in total. The third-order valence-corrected chi connectivity index (χ3v) is 2.28. The fourth-order valence-electron chi connectivity index (χ4n) is 1.42. The Morgan fingerprint density at radius 1 is 1.35 bits per heavy atom. The van der Waals surface area contributed by atoms with E-state index in [1.54, 1.807) is 30.6 Å². The van der Waals surface area contributed by atoms with Crippen molar-refractivity contribution in [2.45, 2.75) is 6.42 Å². The normalized spacial score (nSPS) is 10.5. The van der Waals surface area contributed by atoms with Crippen LogP contribution in [0.2, 0.25) is 0 Å². The van der Waals surface area contributed by atoms with E-state index in [-0.39, 0.29) is 5.82 Å². The van der Waals surface area contributed by atoms with Gasteiger partial charge in [0.05, 0.1) is 19.0 Å². The second kappa shape index (κ2) is 5.45. The van der Waals surface area contributed by atoms with Crippen LogP contribution < -0.4 is 10.5 Å². The number of hydrogen-bond donors (Lipinski definition) is 1. The van der Waals surface area contributed by atoms with Crippen molar-refractivity contribution in [2.24, 2.45) is 5.73 Å². The van der Waals surface area contributed by atoms with Gasteiger partial charge in [0, 0.05) is 0 Å². The molecule has 2 rings (SSSR count). The summed E-state index contributed by atoms with van der Waals surface area (Å²) in [7, 11) is 0. The minimum Gasteiger partial charge on any atom is -0.490 e. The van der Waals surface area contributed by atoms with E-state index in [1.165, 1.54) is 10.7 Å². The minimum absolute atomic E-state index is 0.316. The molecule has 0 spiro atoms. The Morgan fingerprint density at radius 3 is 2.94 bits per heavy atom. The predicted octanol–water partition coefficient (Wildman–Crippen LogP) is 1.74. The number of benzene rings is 1. The molecule has 0 aliphatic heterocycles. The van der Waals surface area contributed by atoms with Gasteiger partial charge in [0.25, 0.3) is 0 Å². The number of nitrogens with zero attached hydrogens (tertiary/aromatic N) is 2. The molecule has 17 heavy (non-hydrogen) atoms. The second-order valence-corrected chi connectivity index (χ2v) is 3.56. The smallest absolute Gasteiger partial charge is 0.157 e. The molecule has 0 radical (unpaired) electrons. The summed E-state index contributed by atoms with van der Waals surface area (Å²) in [6.45, 7) is 1.13. The van der Waals surface area contributed by atoms with Gasteiger partial charge in [-0.05, 0) is 25.1 Å². The van der Waals surface area contributed by atoms with E-state index in [2.05, 4.69) is 5.10 Å². The van der Waals surface area contributed by atoms with Crippen molar-refractivity contribution in [3.8, 4) is 11.4 Å². The number of rotatable bonds is 5. The molecule has 5 heteroatoms. The maximum Gasteiger partial charge on any atom is 0.157 e. The third kappa shape index (κ3) is 2.82. The Bertz CT molecular complexity index is 484. The Labute approximate surface area is 98.8 Å². The topological polar surface area (TPSA) is 53.1 Å². The summed E-state index contributed by atoms with van der Waals surface area (Å²) in [5.74, 6) is 0.297. The van der Waals surface area contributed by atoms with Gasteiger partial charge >= 0.3 is 0 Å². The van der Waals surface area contributed by atoms with E-state index in [9.17, 15) is 4.39 Å². The highest BCUT2D eigenvalue weighted by atomic mass is 19.1. The molecule has 0 saturated carbocycles. The fourth-order valence-corrected chi connectivity index (χ4v) is 1.42. The van der Waals surface area contributed by atoms with Crippen LogP contribution in [0.5, 0.6) is 5.75 Å². The predicted molar refractivity (Wildman–Crippen MR) is 62.7 cm³/mol. The molecule has 1 aromatic carbocycles. The Hall–Kier alpha value is -1.88. The number of hydrogen-bond acceptors (Lipinski definition) is 3. The summed E-state index contributed by atoms with van der Waals surface area (Å²) in [6, 6.07) is 6.45. The average Bonchev–Trinajstić information content (AvgIpc) is 2.79. The van der Waals surface area contributed by atoms with Crippen LogP contribution in [0, 0.1) is 5.82 Å². The van der Waals surface area contributed by atoms with Gasteiger partial charge < -0.3 is 10.5 Å². The van der Waals surface area contributed by atoms with Crippen LogP contribution >= 0.6 is 0 Å². The van der Waals surface area contributed by atoms with Gasteiger partial charge in [0.1, 0.15) is 11.5 Å². The summed E-state index contributed by atoms with van der Waals surface area (Å²) in [5, 5.41) is 4.05. The van der Waals surface area contributed by atoms with E-state index in [4.69, 9.17) is 10.5 Å². The van der Waals surface area contributed by atoms with Gasteiger partial charge in [-0.3, -0.25) is 0 Å². The zero-order valence-corrected chi connectivity index (χ0v) is 9.34. The molecule has 0 amide bonds. The lowest BCUT2D eigenvalue weighted by molar-refractivity contribution is 0.313. The first-order valence-corrected chi connectivity index (χ1v) is 5.43. The molecule has 2 N–H and O–H groups in total. The van der Waals surface area contributed by atoms with Crippen LogP contribution in [-0.2, 0) is 0 Å². The maximum atomic E-state index is 13.5. The molecule has 0 bridgehead atoms. The molecular weight excluding hydrogens is 221 g/mol. The lowest BCUT2D eigenvalue weighted by Gasteiger charge is -2.02. The number of halogens is 1. The third-order valence-electron chi connectivity index (χ3n) is 2.28. The summed E-state index contributed by atoms with van der Waals surface area (Å²) < 4.78 is 20.3. The monoisotopic (exact) mass is 235 g/mol. The zero-order valence-electron chi connectivity index (χ0n) is 9.34. The van der Waals surface area contributed by atoms with Gasteiger partial charge in [-0.2, -0.15) is 5.10 Å². The van der Waals surface area contributed by atoms with Crippen LogP contribution in [-0.4, -0.2) is 22.9 Å². The first-order valence-electron chi connectivity index (χ1n) is 5.43. The highest BCUT2D eigenvalue weighted by Crippen LogP contribution is 2.16. The number of aromatic nitrogens is 2. The number of para-hydroxylation sites is 1. The lowest BCUT2D eigenvalue weighted by Crippen LogP contribution is -2.05. The lowest BCUT2D eigenvalue weighted by atomic mass is 10.3. The highest BCUT2D eigenvalue weighted by molar-refractivity contribution is 5.33. The summed E-state index contributed by atoms with van der Waals surface area (Å²) in [4.78, 5) is 0. The van der Waals surface area contributed by atoms with Crippen molar-refractivity contribution in [1.82, 2.24) is 9.78 Å². The van der Waals surface area contributed by atoms with E-state index in [1.807, 2.05) is 0 Å². The van der Waals surface area contributed by atoms with Crippen LogP contribution in [0.1, 0.15) is 6.42 Å². The summed E-state index contributed by atoms with van der Waals surface area (Å²) in [6.07, 6.45) is 3.99. The number of ether oxygens (including phenoxy) is 1. The second-order valence-electron chi connectivity index (χ2n) is 3.56. The summed E-state index contributed by atoms with van der Waals surface area (Å²) >= 11 is 0. The van der Waals surface area contributed by atoms with Gasteiger partial charge in [-0.25, -0.2) is 9.07 Å². The molecule has 0 aliphatic rings. The van der Waals surface area contributed by atoms with Crippen molar-refractivity contribution in [3.05, 3.63) is 42.5 Å². The molecule has 0 fully saturated rings. The average molecular weight is 235 g/mol. The molecule has 0 unspecified atom stereocenters. The molecule has 0 saturated heterocycles. The zero-order chi connectivity index (χ0) is 12.1. The molecule has 0 atom stereocenters. The molecule has 1 aromatic heterocycles. The van der Waals surface area contributed by atoms with Crippen LogP contribution in [0.4, 0.5) is 4.39 Å². The quantitative estimate of drug-likeness (QED) is 0.803. The number of nitrogens with two attached hydrogens (primary N) is 1. The van der Waals surface area contributed by atoms with Crippen molar-refractivity contribution in [2.75, 3.05) is 13.2 Å². The molecular formula is C12H14FN3O. The molecule has 90 valence electrons. The summed E-state index contributed by atoms with van der Waals surface area (Å²) in [5.41, 5.74) is 5.76. The van der Waals surface area contributed by atoms with Crippen molar-refractivity contribution >= 4 is 0 Å². The van der Waals surface area contributed by atoms with Gasteiger partial charge in [0.2, 0.25) is 0 Å². The van der Waals surface area contributed by atoms with E-state index in [0.717, 1.165) is 6.42 Å². The molecule has 0 aliphatic carbocycles. The maximum absolute atomic E-state index is 13.5.